The van der Waals surface area contributed by atoms with E-state index < -0.39 is 6.04 Å². The number of amides is 1. The van der Waals surface area contributed by atoms with Crippen LogP contribution in [0, 0.1) is 0 Å². The van der Waals surface area contributed by atoms with Crippen molar-refractivity contribution in [2.75, 3.05) is 32.0 Å². The highest BCUT2D eigenvalue weighted by atomic mass is 32.2. The molecule has 2 heterocycles. The van der Waals surface area contributed by atoms with Crippen molar-refractivity contribution in [3.63, 3.8) is 0 Å². The van der Waals surface area contributed by atoms with Crippen molar-refractivity contribution in [2.45, 2.75) is 30.3 Å². The number of nitrogens with zero attached hydrogens (tertiary/aromatic N) is 2. The second kappa shape index (κ2) is 7.21. The smallest absolute Gasteiger partial charge is 0.241 e. The second-order valence-corrected chi connectivity index (χ2v) is 7.81. The predicted octanol–water partition coefficient (Wildman–Crippen LogP) is 0.874. The molecular weight excluding hydrogens is 310 g/mol. The van der Waals surface area contributed by atoms with Crippen molar-refractivity contribution in [1.29, 1.82) is 0 Å². The third-order valence-corrected chi connectivity index (χ3v) is 6.30. The van der Waals surface area contributed by atoms with Crippen molar-refractivity contribution in [2.24, 2.45) is 5.73 Å². The van der Waals surface area contributed by atoms with Gasteiger partial charge in [-0.15, -0.1) is 11.8 Å². The number of benzene rings is 1. The molecule has 3 N–H and O–H groups in total. The summed E-state index contributed by atoms with van der Waals surface area (Å²) in [6.45, 7) is 3.13. The van der Waals surface area contributed by atoms with Crippen LogP contribution in [0.4, 0.5) is 0 Å². The molecule has 0 aliphatic carbocycles. The van der Waals surface area contributed by atoms with Crippen LogP contribution in [0.3, 0.4) is 0 Å². The van der Waals surface area contributed by atoms with Crippen LogP contribution >= 0.6 is 11.8 Å². The molecule has 1 amide bonds. The van der Waals surface area contributed by atoms with Gasteiger partial charge in [0, 0.05) is 31.9 Å². The summed E-state index contributed by atoms with van der Waals surface area (Å²) in [7, 11) is 0. The van der Waals surface area contributed by atoms with Gasteiger partial charge in [0.2, 0.25) is 5.91 Å². The summed E-state index contributed by atoms with van der Waals surface area (Å²) in [5, 5.41) is 9.15. The van der Waals surface area contributed by atoms with E-state index in [1.807, 2.05) is 22.7 Å². The first-order chi connectivity index (χ1) is 11.1. The monoisotopic (exact) mass is 335 g/mol. The Morgan fingerprint density at radius 2 is 2.13 bits per heavy atom. The minimum absolute atomic E-state index is 0.00106. The average molecular weight is 335 g/mol. The van der Waals surface area contributed by atoms with E-state index in [0.29, 0.717) is 6.54 Å². The fourth-order valence-electron chi connectivity index (χ4n) is 3.55. The fraction of sp³-hybridized carbons (Fsp3) is 0.588. The van der Waals surface area contributed by atoms with Gasteiger partial charge in [0.05, 0.1) is 11.5 Å². The van der Waals surface area contributed by atoms with E-state index in [9.17, 15) is 4.79 Å². The summed E-state index contributed by atoms with van der Waals surface area (Å²) in [4.78, 5) is 16.7. The molecule has 2 saturated heterocycles. The first-order valence-electron chi connectivity index (χ1n) is 8.23. The molecule has 2 fully saturated rings. The van der Waals surface area contributed by atoms with Gasteiger partial charge in [-0.2, -0.15) is 0 Å². The van der Waals surface area contributed by atoms with Crippen molar-refractivity contribution in [1.82, 2.24) is 9.80 Å². The number of nitrogens with two attached hydrogens (primary N) is 1. The second-order valence-electron chi connectivity index (χ2n) is 6.35. The molecule has 0 saturated carbocycles. The van der Waals surface area contributed by atoms with E-state index in [0.717, 1.165) is 38.2 Å². The van der Waals surface area contributed by atoms with Gasteiger partial charge in [-0.25, -0.2) is 0 Å². The van der Waals surface area contributed by atoms with Crippen molar-refractivity contribution in [3.05, 3.63) is 35.9 Å². The van der Waals surface area contributed by atoms with E-state index in [-0.39, 0.29) is 17.4 Å². The molecule has 5 nitrogen and oxygen atoms in total. The molecule has 0 bridgehead atoms. The maximum atomic E-state index is 12.3. The lowest BCUT2D eigenvalue weighted by molar-refractivity contribution is -0.136. The minimum Gasteiger partial charge on any atom is -0.394 e. The summed E-state index contributed by atoms with van der Waals surface area (Å²) in [5.41, 5.74) is 7.04. The van der Waals surface area contributed by atoms with E-state index >= 15 is 0 Å². The van der Waals surface area contributed by atoms with Crippen LogP contribution in [0.5, 0.6) is 0 Å². The Balaban J connectivity index is 1.72. The standard InChI is InChI=1S/C17H25N3O2S/c18-15(12-21)16(22)19-8-4-7-17(13-19)20(9-10-23-17)11-14-5-2-1-3-6-14/h1-3,5-6,15,21H,4,7-13,18H2. The number of rotatable bonds is 4. The number of thioether (sulfide) groups is 1. The van der Waals surface area contributed by atoms with Crippen LogP contribution < -0.4 is 5.73 Å². The molecule has 0 aromatic heterocycles. The van der Waals surface area contributed by atoms with E-state index in [1.54, 1.807) is 0 Å². The summed E-state index contributed by atoms with van der Waals surface area (Å²) in [6, 6.07) is 9.70. The molecule has 2 unspecified atom stereocenters. The molecule has 3 rings (SSSR count). The van der Waals surface area contributed by atoms with Crippen LogP contribution in [-0.4, -0.2) is 63.7 Å². The van der Waals surface area contributed by atoms with Crippen molar-refractivity contribution < 1.29 is 9.90 Å². The van der Waals surface area contributed by atoms with E-state index in [1.165, 1.54) is 5.56 Å². The molecule has 2 aliphatic rings. The van der Waals surface area contributed by atoms with Crippen LogP contribution in [0.2, 0.25) is 0 Å². The Morgan fingerprint density at radius 1 is 1.35 bits per heavy atom. The van der Waals surface area contributed by atoms with Crippen molar-refractivity contribution in [3.8, 4) is 0 Å². The fourth-order valence-corrected chi connectivity index (χ4v) is 5.11. The van der Waals surface area contributed by atoms with E-state index in [2.05, 4.69) is 29.2 Å². The highest BCUT2D eigenvalue weighted by molar-refractivity contribution is 8.00. The average Bonchev–Trinajstić information content (AvgIpc) is 2.96. The zero-order chi connectivity index (χ0) is 16.3. The summed E-state index contributed by atoms with van der Waals surface area (Å²) in [5.74, 6) is 0.972. The van der Waals surface area contributed by atoms with Crippen LogP contribution in [-0.2, 0) is 11.3 Å². The molecule has 1 aromatic carbocycles. The van der Waals surface area contributed by atoms with Gasteiger partial charge in [0.15, 0.2) is 0 Å². The number of hydrogen-bond donors (Lipinski definition) is 2. The van der Waals surface area contributed by atoms with Crippen LogP contribution in [0.1, 0.15) is 18.4 Å². The molecule has 1 spiro atoms. The molecule has 126 valence electrons. The highest BCUT2D eigenvalue weighted by Crippen LogP contribution is 2.43. The maximum Gasteiger partial charge on any atom is 0.241 e. The topological polar surface area (TPSA) is 69.8 Å². The van der Waals surface area contributed by atoms with E-state index in [4.69, 9.17) is 10.8 Å². The summed E-state index contributed by atoms with van der Waals surface area (Å²) < 4.78 is 0. The zero-order valence-corrected chi connectivity index (χ0v) is 14.2. The van der Waals surface area contributed by atoms with Gasteiger partial charge in [-0.05, 0) is 18.4 Å². The summed E-state index contributed by atoms with van der Waals surface area (Å²) >= 11 is 1.96. The highest BCUT2D eigenvalue weighted by Gasteiger charge is 2.45. The SMILES string of the molecule is NC(CO)C(=O)N1CCCC2(C1)SCCN2Cc1ccccc1. The number of hydrogen-bond acceptors (Lipinski definition) is 5. The third-order valence-electron chi connectivity index (χ3n) is 4.78. The number of aliphatic hydroxyl groups excluding tert-OH is 1. The van der Waals surface area contributed by atoms with Gasteiger partial charge >= 0.3 is 0 Å². The maximum absolute atomic E-state index is 12.3. The number of likely N-dealkylation sites (tertiary alicyclic amines) is 1. The minimum atomic E-state index is -0.792. The molecule has 0 radical (unpaired) electrons. The molecule has 6 heteroatoms. The largest absolute Gasteiger partial charge is 0.394 e. The number of piperidine rings is 1. The predicted molar refractivity (Wildman–Crippen MR) is 92.9 cm³/mol. The Labute approximate surface area is 141 Å². The normalized spacial score (nSPS) is 26.6. The zero-order valence-electron chi connectivity index (χ0n) is 13.4. The molecular formula is C17H25N3O2S. The lowest BCUT2D eigenvalue weighted by Crippen LogP contribution is -2.58. The van der Waals surface area contributed by atoms with Crippen LogP contribution in [0.15, 0.2) is 30.3 Å². The first-order valence-corrected chi connectivity index (χ1v) is 9.21. The van der Waals surface area contributed by atoms with Gasteiger partial charge < -0.3 is 15.7 Å². The number of carbonyl (C=O) groups is 1. The number of carbonyl (C=O) groups excluding carboxylic acids is 1. The lowest BCUT2D eigenvalue weighted by Gasteiger charge is -2.45. The number of aliphatic hydroxyl groups is 1. The summed E-state index contributed by atoms with van der Waals surface area (Å²) in [6.07, 6.45) is 2.09. The molecule has 1 aromatic rings. The quantitative estimate of drug-likeness (QED) is 0.855. The molecule has 23 heavy (non-hydrogen) atoms. The Kier molecular flexibility index (Phi) is 5.26. The van der Waals surface area contributed by atoms with Gasteiger partial charge in [0.1, 0.15) is 6.04 Å². The van der Waals surface area contributed by atoms with Crippen LogP contribution in [0.25, 0.3) is 0 Å². The first kappa shape index (κ1) is 16.8. The lowest BCUT2D eigenvalue weighted by atomic mass is 10.0. The molecule has 2 aliphatic heterocycles. The third kappa shape index (κ3) is 3.55. The Bertz CT molecular complexity index is 542. The Morgan fingerprint density at radius 3 is 2.87 bits per heavy atom. The van der Waals surface area contributed by atoms with Gasteiger partial charge in [-0.1, -0.05) is 30.3 Å². The molecule has 2 atom stereocenters. The van der Waals surface area contributed by atoms with Gasteiger partial charge in [0.25, 0.3) is 0 Å². The van der Waals surface area contributed by atoms with Gasteiger partial charge in [-0.3, -0.25) is 9.69 Å². The van der Waals surface area contributed by atoms with Crippen molar-refractivity contribution >= 4 is 17.7 Å². The Hall–Kier alpha value is -1.08.